The molecule has 6 heteroatoms. The first-order chi connectivity index (χ1) is 8.52. The Labute approximate surface area is 125 Å². The number of hydrogen-bond acceptors (Lipinski definition) is 3. The summed E-state index contributed by atoms with van der Waals surface area (Å²) >= 11 is 12.6. The maximum atomic E-state index is 11.4. The minimum Gasteiger partial charge on any atom is -0.463 e. The molecule has 94 valence electrons. The van der Waals surface area contributed by atoms with E-state index in [2.05, 4.69) is 36.6 Å². The number of hydrogen-bond donors (Lipinski definition) is 0. The predicted octanol–water partition coefficient (Wildman–Crippen LogP) is 4.91. The van der Waals surface area contributed by atoms with Crippen LogP contribution in [0.25, 0.3) is 11.3 Å². The Morgan fingerprint density at radius 2 is 2.00 bits per heavy atom. The fraction of sp³-hybridized carbons (Fsp3) is 0.0833. The molecule has 0 amide bonds. The minimum atomic E-state index is -0.521. The highest BCUT2D eigenvalue weighted by Gasteiger charge is 2.18. The van der Waals surface area contributed by atoms with Crippen LogP contribution in [0.5, 0.6) is 0 Å². The van der Waals surface area contributed by atoms with Crippen LogP contribution in [0.3, 0.4) is 0 Å². The van der Waals surface area contributed by atoms with Crippen molar-refractivity contribution in [1.29, 1.82) is 0 Å². The molecule has 1 aromatic carbocycles. The third kappa shape index (κ3) is 2.63. The average Bonchev–Trinajstić information content (AvgIpc) is 2.70. The van der Waals surface area contributed by atoms with Gasteiger partial charge in [-0.05, 0) is 50.1 Å². The zero-order valence-electron chi connectivity index (χ0n) is 9.17. The Balaban J connectivity index is 2.51. The van der Waals surface area contributed by atoms with Crippen molar-refractivity contribution in [2.24, 2.45) is 0 Å². The van der Waals surface area contributed by atoms with Gasteiger partial charge in [0.1, 0.15) is 5.76 Å². The molecule has 2 rings (SSSR count). The van der Waals surface area contributed by atoms with Gasteiger partial charge in [0.15, 0.2) is 0 Å². The smallest absolute Gasteiger partial charge is 0.374 e. The second kappa shape index (κ2) is 5.47. The molecule has 0 radical (unpaired) electrons. The summed E-state index contributed by atoms with van der Waals surface area (Å²) in [6.07, 6.45) is 0. The first kappa shape index (κ1) is 13.6. The molecule has 0 saturated carbocycles. The molecule has 18 heavy (non-hydrogen) atoms. The average molecular weight is 394 g/mol. The standard InChI is InChI=1S/C12H7Br2ClO3/c1-17-12(16)10-5-9(14)11(18-10)7-3-2-6(15)4-8(7)13/h2-5H,1H3. The topological polar surface area (TPSA) is 39.4 Å². The molecule has 1 aromatic heterocycles. The van der Waals surface area contributed by atoms with Crippen LogP contribution in [-0.2, 0) is 4.74 Å². The van der Waals surface area contributed by atoms with Crippen LogP contribution < -0.4 is 0 Å². The maximum Gasteiger partial charge on any atom is 0.374 e. The van der Waals surface area contributed by atoms with Gasteiger partial charge in [-0.25, -0.2) is 4.79 Å². The van der Waals surface area contributed by atoms with Crippen molar-refractivity contribution in [3.05, 3.63) is 44.0 Å². The third-order valence-corrected chi connectivity index (χ3v) is 3.73. The first-order valence-corrected chi connectivity index (χ1v) is 6.82. The number of carbonyl (C=O) groups is 1. The lowest BCUT2D eigenvalue weighted by atomic mass is 10.2. The lowest BCUT2D eigenvalue weighted by Gasteiger charge is -2.02. The summed E-state index contributed by atoms with van der Waals surface area (Å²) < 4.78 is 11.5. The van der Waals surface area contributed by atoms with E-state index >= 15 is 0 Å². The van der Waals surface area contributed by atoms with Gasteiger partial charge in [-0.1, -0.05) is 11.6 Å². The molecule has 2 aromatic rings. The van der Waals surface area contributed by atoms with Crippen molar-refractivity contribution in [1.82, 2.24) is 0 Å². The summed E-state index contributed by atoms with van der Waals surface area (Å²) in [5.41, 5.74) is 0.793. The van der Waals surface area contributed by atoms with Crippen LogP contribution >= 0.6 is 43.5 Å². The van der Waals surface area contributed by atoms with Crippen molar-refractivity contribution in [2.75, 3.05) is 7.11 Å². The third-order valence-electron chi connectivity index (χ3n) is 2.25. The van der Waals surface area contributed by atoms with Gasteiger partial charge in [-0.15, -0.1) is 0 Å². The van der Waals surface area contributed by atoms with E-state index in [1.807, 2.05) is 0 Å². The molecule has 0 unspecified atom stereocenters. The molecule has 0 aliphatic heterocycles. The molecule has 0 aliphatic carbocycles. The number of rotatable bonds is 2. The van der Waals surface area contributed by atoms with Crippen molar-refractivity contribution in [2.45, 2.75) is 0 Å². The van der Waals surface area contributed by atoms with E-state index in [0.717, 1.165) is 10.0 Å². The summed E-state index contributed by atoms with van der Waals surface area (Å²) in [6.45, 7) is 0. The van der Waals surface area contributed by atoms with Crippen LogP contribution in [0, 0.1) is 0 Å². The van der Waals surface area contributed by atoms with E-state index in [4.69, 9.17) is 16.0 Å². The summed E-state index contributed by atoms with van der Waals surface area (Å²) in [4.78, 5) is 11.4. The molecular weight excluding hydrogens is 387 g/mol. The van der Waals surface area contributed by atoms with Gasteiger partial charge in [0.2, 0.25) is 5.76 Å². The van der Waals surface area contributed by atoms with Crippen LogP contribution in [0.2, 0.25) is 5.02 Å². The lowest BCUT2D eigenvalue weighted by Crippen LogP contribution is -1.98. The summed E-state index contributed by atoms with van der Waals surface area (Å²) in [5.74, 6) is 0.159. The van der Waals surface area contributed by atoms with Crippen LogP contribution in [-0.4, -0.2) is 13.1 Å². The van der Waals surface area contributed by atoms with Gasteiger partial charge in [0, 0.05) is 21.1 Å². The Hall–Kier alpha value is -0.780. The molecule has 0 bridgehead atoms. The molecule has 3 nitrogen and oxygen atoms in total. The second-order valence-electron chi connectivity index (χ2n) is 3.40. The van der Waals surface area contributed by atoms with Crippen molar-refractivity contribution in [3.63, 3.8) is 0 Å². The quantitative estimate of drug-likeness (QED) is 0.680. The van der Waals surface area contributed by atoms with E-state index in [1.165, 1.54) is 7.11 Å². The largest absolute Gasteiger partial charge is 0.463 e. The second-order valence-corrected chi connectivity index (χ2v) is 5.55. The Kier molecular flexibility index (Phi) is 4.14. The van der Waals surface area contributed by atoms with Crippen LogP contribution in [0.1, 0.15) is 10.6 Å². The van der Waals surface area contributed by atoms with E-state index in [9.17, 15) is 4.79 Å². The summed E-state index contributed by atoms with van der Waals surface area (Å²) in [5, 5.41) is 0.612. The zero-order chi connectivity index (χ0) is 13.3. The Morgan fingerprint density at radius 1 is 1.28 bits per heavy atom. The van der Waals surface area contributed by atoms with Crippen LogP contribution in [0.15, 0.2) is 37.6 Å². The number of methoxy groups -OCH3 is 1. The molecular formula is C12H7Br2ClO3. The maximum absolute atomic E-state index is 11.4. The van der Waals surface area contributed by atoms with E-state index in [1.54, 1.807) is 24.3 Å². The van der Waals surface area contributed by atoms with Gasteiger partial charge in [0.05, 0.1) is 11.6 Å². The monoisotopic (exact) mass is 392 g/mol. The Bertz CT molecular complexity index is 607. The number of benzene rings is 1. The van der Waals surface area contributed by atoms with Crippen molar-refractivity contribution in [3.8, 4) is 11.3 Å². The molecule has 0 atom stereocenters. The molecule has 0 aliphatic rings. The lowest BCUT2D eigenvalue weighted by molar-refractivity contribution is 0.0566. The van der Waals surface area contributed by atoms with Gasteiger partial charge in [-0.2, -0.15) is 0 Å². The minimum absolute atomic E-state index is 0.140. The van der Waals surface area contributed by atoms with E-state index in [0.29, 0.717) is 15.3 Å². The van der Waals surface area contributed by atoms with Gasteiger partial charge in [-0.3, -0.25) is 0 Å². The highest BCUT2D eigenvalue weighted by molar-refractivity contribution is 9.11. The van der Waals surface area contributed by atoms with Crippen LogP contribution in [0.4, 0.5) is 0 Å². The highest BCUT2D eigenvalue weighted by atomic mass is 79.9. The fourth-order valence-electron chi connectivity index (χ4n) is 1.43. The number of carbonyl (C=O) groups excluding carboxylic acids is 1. The molecule has 1 heterocycles. The van der Waals surface area contributed by atoms with Gasteiger partial charge in [0.25, 0.3) is 0 Å². The molecule has 0 fully saturated rings. The normalized spacial score (nSPS) is 10.4. The molecule has 0 spiro atoms. The van der Waals surface area contributed by atoms with E-state index in [-0.39, 0.29) is 5.76 Å². The van der Waals surface area contributed by atoms with Crippen molar-refractivity contribution >= 4 is 49.4 Å². The van der Waals surface area contributed by atoms with Gasteiger partial charge >= 0.3 is 5.97 Å². The highest BCUT2D eigenvalue weighted by Crippen LogP contribution is 2.37. The SMILES string of the molecule is COC(=O)c1cc(Br)c(-c2ccc(Cl)cc2Br)o1. The first-order valence-electron chi connectivity index (χ1n) is 4.86. The fourth-order valence-corrected chi connectivity index (χ4v) is 2.79. The van der Waals surface area contributed by atoms with Gasteiger partial charge < -0.3 is 9.15 Å². The summed E-state index contributed by atoms with van der Waals surface area (Å²) in [6, 6.07) is 6.87. The predicted molar refractivity (Wildman–Crippen MR) is 75.9 cm³/mol. The molecule has 0 saturated heterocycles. The zero-order valence-corrected chi connectivity index (χ0v) is 13.1. The number of ether oxygens (including phenoxy) is 1. The summed E-state index contributed by atoms with van der Waals surface area (Å²) in [7, 11) is 1.30. The number of furan rings is 1. The number of esters is 1. The Morgan fingerprint density at radius 3 is 2.61 bits per heavy atom. The van der Waals surface area contributed by atoms with E-state index < -0.39 is 5.97 Å². The van der Waals surface area contributed by atoms with Crippen molar-refractivity contribution < 1.29 is 13.9 Å². The molecule has 0 N–H and O–H groups in total. The number of halogens is 3.